The van der Waals surface area contributed by atoms with Gasteiger partial charge in [0.2, 0.25) is 0 Å². The molecule has 0 amide bonds. The van der Waals surface area contributed by atoms with Crippen LogP contribution in [0, 0.1) is 13.8 Å². The third-order valence-electron chi connectivity index (χ3n) is 9.85. The van der Waals surface area contributed by atoms with Gasteiger partial charge in [-0.3, -0.25) is 4.79 Å². The van der Waals surface area contributed by atoms with Crippen molar-refractivity contribution in [3.8, 4) is 11.5 Å². The molecule has 6 aromatic rings. The summed E-state index contributed by atoms with van der Waals surface area (Å²) in [6.45, 7) is 5.66. The van der Waals surface area contributed by atoms with Gasteiger partial charge in [-0.15, -0.1) is 0 Å². The largest absolute Gasteiger partial charge is 0.379 e. The molecule has 0 aliphatic carbocycles. The van der Waals surface area contributed by atoms with Crippen molar-refractivity contribution in [2.75, 3.05) is 26.2 Å². The van der Waals surface area contributed by atoms with Crippen LogP contribution in [0.2, 0.25) is 0 Å². The number of aryl methyl sites for hydroxylation is 2. The number of nitrogens with one attached hydrogen (secondary N) is 2. The number of ketones is 1. The molecule has 300 valence electrons. The summed E-state index contributed by atoms with van der Waals surface area (Å²) in [6, 6.07) is 46.2. The summed E-state index contributed by atoms with van der Waals surface area (Å²) in [5, 5.41) is 6.97. The normalized spacial score (nSPS) is 12.7. The minimum atomic E-state index is -4.07. The molecule has 2 unspecified atom stereocenters. The number of hydrogen-bond acceptors (Lipinski definition) is 9. The first-order valence-corrected chi connectivity index (χ1v) is 22.0. The van der Waals surface area contributed by atoms with E-state index in [1.807, 2.05) is 50.2 Å². The predicted octanol–water partition coefficient (Wildman–Crippen LogP) is 7.94. The van der Waals surface area contributed by atoms with Gasteiger partial charge < -0.3 is 19.0 Å². The van der Waals surface area contributed by atoms with Crippen molar-refractivity contribution in [2.24, 2.45) is 0 Å². The monoisotopic (exact) mass is 816 g/mol. The minimum Gasteiger partial charge on any atom is -0.379 e. The van der Waals surface area contributed by atoms with Crippen LogP contribution in [-0.4, -0.2) is 48.8 Å². The molecule has 2 atom stereocenters. The van der Waals surface area contributed by atoms with Gasteiger partial charge in [-0.05, 0) is 111 Å². The Balaban J connectivity index is 1.25. The first kappa shape index (κ1) is 42.0. The van der Waals surface area contributed by atoms with Crippen LogP contribution in [0.4, 0.5) is 0 Å². The molecule has 9 nitrogen and oxygen atoms in total. The SMILES string of the molecule is Cc1ccc(S(=O)(=O)Oc2ccc(C(CNCCc3ccccc3)C(=O)C(CNCCc3ccccc3)c3ccc(OS(=O)(=O)c4ccc(C)cc4)cc3)cc2)cc1. The average molecular weight is 817 g/mol. The second kappa shape index (κ2) is 19.7. The van der Waals surface area contributed by atoms with E-state index in [9.17, 15) is 21.6 Å². The van der Waals surface area contributed by atoms with Crippen LogP contribution >= 0.6 is 0 Å². The summed E-state index contributed by atoms with van der Waals surface area (Å²) >= 11 is 0. The number of hydrogen-bond donors (Lipinski definition) is 2. The van der Waals surface area contributed by atoms with Crippen molar-refractivity contribution in [2.45, 2.75) is 48.3 Å². The standard InChI is InChI=1S/C47H48N2O7S2/c1-35-13-25-43(26-14-35)57(51,52)55-41-21-17-39(18-22-41)45(33-48-31-29-37-9-5-3-6-10-37)47(50)46(34-49-32-30-38-11-7-4-8-12-38)40-19-23-42(24-20-40)56-58(53,54)44-27-15-36(2)16-28-44/h3-28,45-46,48-49H,29-34H2,1-2H3. The van der Waals surface area contributed by atoms with Gasteiger partial charge in [-0.1, -0.05) is 120 Å². The molecule has 0 aliphatic heterocycles. The lowest BCUT2D eigenvalue weighted by Crippen LogP contribution is -2.35. The predicted molar refractivity (Wildman–Crippen MR) is 227 cm³/mol. The van der Waals surface area contributed by atoms with Crippen LogP contribution < -0.4 is 19.0 Å². The first-order chi connectivity index (χ1) is 28.0. The molecule has 0 bridgehead atoms. The molecule has 58 heavy (non-hydrogen) atoms. The highest BCUT2D eigenvalue weighted by Gasteiger charge is 2.30. The summed E-state index contributed by atoms with van der Waals surface area (Å²) in [7, 11) is -8.15. The zero-order valence-electron chi connectivity index (χ0n) is 32.6. The Hall–Kier alpha value is -5.59. The van der Waals surface area contributed by atoms with Crippen molar-refractivity contribution in [1.82, 2.24) is 10.6 Å². The molecule has 0 saturated heterocycles. The summed E-state index contributed by atoms with van der Waals surface area (Å²) in [4.78, 5) is 15.0. The van der Waals surface area contributed by atoms with Crippen LogP contribution in [0.1, 0.15) is 45.2 Å². The highest BCUT2D eigenvalue weighted by molar-refractivity contribution is 7.87. The molecule has 0 heterocycles. The van der Waals surface area contributed by atoms with E-state index >= 15 is 0 Å². The van der Waals surface area contributed by atoms with E-state index in [0.29, 0.717) is 37.3 Å². The smallest absolute Gasteiger partial charge is 0.339 e. The van der Waals surface area contributed by atoms with Gasteiger partial charge in [0.15, 0.2) is 0 Å². The molecule has 11 heteroatoms. The second-order valence-electron chi connectivity index (χ2n) is 14.2. The highest BCUT2D eigenvalue weighted by Crippen LogP contribution is 2.30. The van der Waals surface area contributed by atoms with Crippen molar-refractivity contribution < 1.29 is 30.0 Å². The Bertz CT molecular complexity index is 2270. The lowest BCUT2D eigenvalue weighted by Gasteiger charge is -2.25. The zero-order valence-corrected chi connectivity index (χ0v) is 34.2. The van der Waals surface area contributed by atoms with Gasteiger partial charge in [0, 0.05) is 13.1 Å². The summed E-state index contributed by atoms with van der Waals surface area (Å²) in [5.41, 5.74) is 5.57. The van der Waals surface area contributed by atoms with Crippen molar-refractivity contribution in [3.05, 3.63) is 191 Å². The Morgan fingerprint density at radius 3 is 1.17 bits per heavy atom. The molecular formula is C47H48N2O7S2. The molecule has 0 radical (unpaired) electrons. The first-order valence-electron chi connectivity index (χ1n) is 19.2. The molecule has 0 spiro atoms. The van der Waals surface area contributed by atoms with E-state index in [1.54, 1.807) is 72.8 Å². The van der Waals surface area contributed by atoms with E-state index < -0.39 is 32.1 Å². The Labute approximate surface area is 342 Å². The summed E-state index contributed by atoms with van der Waals surface area (Å²) in [6.07, 6.45) is 1.53. The number of carbonyl (C=O) groups is 1. The van der Waals surface area contributed by atoms with E-state index in [-0.39, 0.29) is 27.1 Å². The maximum Gasteiger partial charge on any atom is 0.339 e. The Kier molecular flexibility index (Phi) is 14.3. The van der Waals surface area contributed by atoms with Crippen LogP contribution in [0.15, 0.2) is 168 Å². The van der Waals surface area contributed by atoms with Gasteiger partial charge in [0.25, 0.3) is 0 Å². The molecule has 2 N–H and O–H groups in total. The number of Topliss-reactive ketones (excluding diaryl/α,β-unsaturated/α-hetero) is 1. The van der Waals surface area contributed by atoms with E-state index in [0.717, 1.165) is 24.0 Å². The van der Waals surface area contributed by atoms with Gasteiger partial charge in [-0.2, -0.15) is 16.8 Å². The molecular weight excluding hydrogens is 769 g/mol. The van der Waals surface area contributed by atoms with Crippen molar-refractivity contribution in [3.63, 3.8) is 0 Å². The molecule has 0 aromatic heterocycles. The molecule has 6 aromatic carbocycles. The Morgan fingerprint density at radius 2 is 0.828 bits per heavy atom. The van der Waals surface area contributed by atoms with Gasteiger partial charge >= 0.3 is 20.2 Å². The fourth-order valence-corrected chi connectivity index (χ4v) is 8.39. The average Bonchev–Trinajstić information content (AvgIpc) is 3.22. The second-order valence-corrected chi connectivity index (χ2v) is 17.3. The maximum atomic E-state index is 14.9. The molecule has 0 fully saturated rings. The topological polar surface area (TPSA) is 128 Å². The third-order valence-corrected chi connectivity index (χ3v) is 12.4. The van der Waals surface area contributed by atoms with Crippen LogP contribution in [-0.2, 0) is 37.9 Å². The fraction of sp³-hybridized carbons (Fsp3) is 0.213. The van der Waals surface area contributed by atoms with Gasteiger partial charge in [0.05, 0.1) is 11.8 Å². The third kappa shape index (κ3) is 11.7. The molecule has 0 saturated carbocycles. The van der Waals surface area contributed by atoms with Crippen LogP contribution in [0.25, 0.3) is 0 Å². The molecule has 0 aliphatic rings. The van der Waals surface area contributed by atoms with E-state index in [2.05, 4.69) is 34.9 Å². The van der Waals surface area contributed by atoms with Gasteiger partial charge in [-0.25, -0.2) is 0 Å². The van der Waals surface area contributed by atoms with Gasteiger partial charge in [0.1, 0.15) is 27.1 Å². The quantitative estimate of drug-likeness (QED) is 0.0583. The van der Waals surface area contributed by atoms with E-state index in [1.165, 1.54) is 35.4 Å². The highest BCUT2D eigenvalue weighted by atomic mass is 32.2. The Morgan fingerprint density at radius 1 is 0.483 bits per heavy atom. The van der Waals surface area contributed by atoms with Crippen LogP contribution in [0.3, 0.4) is 0 Å². The number of carbonyl (C=O) groups excluding carboxylic acids is 1. The molecule has 6 rings (SSSR count). The fourth-order valence-electron chi connectivity index (χ4n) is 6.53. The lowest BCUT2D eigenvalue weighted by molar-refractivity contribution is -0.121. The number of benzene rings is 6. The maximum absolute atomic E-state index is 14.9. The zero-order chi connectivity index (χ0) is 41.0. The van der Waals surface area contributed by atoms with Crippen molar-refractivity contribution in [1.29, 1.82) is 0 Å². The summed E-state index contributed by atoms with van der Waals surface area (Å²) in [5.74, 6) is -1.07. The van der Waals surface area contributed by atoms with Crippen molar-refractivity contribution >= 4 is 26.0 Å². The minimum absolute atomic E-state index is 0.0459. The number of rotatable bonds is 20. The lowest BCUT2D eigenvalue weighted by atomic mass is 9.83. The van der Waals surface area contributed by atoms with E-state index in [4.69, 9.17) is 8.37 Å². The summed E-state index contributed by atoms with van der Waals surface area (Å²) < 4.78 is 63.1. The van der Waals surface area contributed by atoms with Crippen LogP contribution in [0.5, 0.6) is 11.5 Å².